The summed E-state index contributed by atoms with van der Waals surface area (Å²) in [4.78, 5) is 18.0. The molecule has 0 aliphatic carbocycles. The first-order valence-corrected chi connectivity index (χ1v) is 8.50. The van der Waals surface area contributed by atoms with Gasteiger partial charge in [-0.25, -0.2) is 4.98 Å². The molecule has 0 aromatic carbocycles. The van der Waals surface area contributed by atoms with Gasteiger partial charge in [0.2, 0.25) is 5.91 Å². The number of aromatic nitrogens is 2. The molecule has 5 nitrogen and oxygen atoms in total. The van der Waals surface area contributed by atoms with Crippen LogP contribution in [-0.4, -0.2) is 39.3 Å². The number of carbonyl (C=O) groups excluding carboxylic acids is 1. The third kappa shape index (κ3) is 3.39. The van der Waals surface area contributed by atoms with Gasteiger partial charge in [-0.05, 0) is 37.0 Å². The van der Waals surface area contributed by atoms with Gasteiger partial charge in [0.05, 0.1) is 11.9 Å². The molecule has 1 aliphatic rings. The zero-order valence-corrected chi connectivity index (χ0v) is 14.2. The van der Waals surface area contributed by atoms with Gasteiger partial charge in [-0.3, -0.25) is 4.79 Å². The molecule has 1 amide bonds. The van der Waals surface area contributed by atoms with Gasteiger partial charge < -0.3 is 14.6 Å². The lowest BCUT2D eigenvalue weighted by molar-refractivity contribution is -0.131. The van der Waals surface area contributed by atoms with E-state index in [1.807, 2.05) is 11.1 Å². The molecule has 2 aromatic heterocycles. The monoisotopic (exact) mass is 314 g/mol. The fourth-order valence-electron chi connectivity index (χ4n) is 3.50. The van der Waals surface area contributed by atoms with Crippen LogP contribution in [0.25, 0.3) is 5.65 Å². The number of hydrogen-bond donors (Lipinski definition) is 1. The second-order valence-electron chi connectivity index (χ2n) is 6.59. The third-order valence-corrected chi connectivity index (χ3v) is 4.99. The zero-order chi connectivity index (χ0) is 16.4. The molecule has 2 atom stereocenters. The average molecular weight is 314 g/mol. The maximum absolute atomic E-state index is 11.6. The molecule has 3 rings (SSSR count). The molecule has 5 heteroatoms. The summed E-state index contributed by atoms with van der Waals surface area (Å²) >= 11 is 0. The molecule has 1 aliphatic heterocycles. The van der Waals surface area contributed by atoms with Gasteiger partial charge in [-0.2, -0.15) is 0 Å². The van der Waals surface area contributed by atoms with E-state index in [1.54, 1.807) is 6.92 Å². The lowest BCUT2D eigenvalue weighted by Gasteiger charge is -2.38. The van der Waals surface area contributed by atoms with Crippen molar-refractivity contribution in [3.8, 4) is 0 Å². The molecule has 0 saturated carbocycles. The minimum Gasteiger partial charge on any atom is -0.343 e. The van der Waals surface area contributed by atoms with E-state index in [2.05, 4.69) is 46.9 Å². The van der Waals surface area contributed by atoms with Crippen molar-refractivity contribution in [2.45, 2.75) is 46.2 Å². The van der Waals surface area contributed by atoms with Gasteiger partial charge in [0.1, 0.15) is 5.65 Å². The standard InChI is InChI=1S/C18H26N4O/c1-4-15-12-21(14(3)23)7-6-17(15)19-10-16-11-20-18-9-13(2)5-8-22(16)18/h5,8-9,11,15,17,19H,4,6-7,10,12H2,1-3H3/t15-,17+/m1/s1. The molecule has 1 fully saturated rings. The Labute approximate surface area is 137 Å². The van der Waals surface area contributed by atoms with E-state index in [4.69, 9.17) is 0 Å². The topological polar surface area (TPSA) is 49.6 Å². The molecule has 23 heavy (non-hydrogen) atoms. The van der Waals surface area contributed by atoms with Crippen LogP contribution in [0.15, 0.2) is 24.5 Å². The van der Waals surface area contributed by atoms with Gasteiger partial charge in [0.15, 0.2) is 0 Å². The van der Waals surface area contributed by atoms with E-state index in [9.17, 15) is 4.79 Å². The maximum Gasteiger partial charge on any atom is 0.219 e. The quantitative estimate of drug-likeness (QED) is 0.942. The van der Waals surface area contributed by atoms with Crippen molar-refractivity contribution in [2.75, 3.05) is 13.1 Å². The van der Waals surface area contributed by atoms with Gasteiger partial charge in [-0.1, -0.05) is 13.3 Å². The summed E-state index contributed by atoms with van der Waals surface area (Å²) in [6.07, 6.45) is 6.15. The number of nitrogens with one attached hydrogen (secondary N) is 1. The third-order valence-electron chi connectivity index (χ3n) is 4.99. The number of carbonyl (C=O) groups is 1. The van der Waals surface area contributed by atoms with Crippen LogP contribution in [-0.2, 0) is 11.3 Å². The Morgan fingerprint density at radius 3 is 3.04 bits per heavy atom. The zero-order valence-electron chi connectivity index (χ0n) is 14.2. The fourth-order valence-corrected chi connectivity index (χ4v) is 3.50. The predicted octanol–water partition coefficient (Wildman–Crippen LogP) is 2.38. The first-order chi connectivity index (χ1) is 11.1. The molecule has 0 spiro atoms. The van der Waals surface area contributed by atoms with Crippen LogP contribution in [0.3, 0.4) is 0 Å². The minimum atomic E-state index is 0.194. The number of amides is 1. The summed E-state index contributed by atoms with van der Waals surface area (Å²) in [5.41, 5.74) is 3.41. The van der Waals surface area contributed by atoms with Crippen molar-refractivity contribution in [3.05, 3.63) is 35.8 Å². The molecule has 124 valence electrons. The summed E-state index contributed by atoms with van der Waals surface area (Å²) in [5, 5.41) is 3.69. The van der Waals surface area contributed by atoms with Crippen LogP contribution >= 0.6 is 0 Å². The van der Waals surface area contributed by atoms with Gasteiger partial charge in [0.25, 0.3) is 0 Å². The Kier molecular flexibility index (Phi) is 4.66. The first kappa shape index (κ1) is 16.0. The number of likely N-dealkylation sites (tertiary alicyclic amines) is 1. The number of rotatable bonds is 4. The number of nitrogens with zero attached hydrogens (tertiary/aromatic N) is 3. The fraction of sp³-hybridized carbons (Fsp3) is 0.556. The highest BCUT2D eigenvalue weighted by atomic mass is 16.2. The van der Waals surface area contributed by atoms with Crippen molar-refractivity contribution >= 4 is 11.6 Å². The lowest BCUT2D eigenvalue weighted by atomic mass is 9.90. The number of hydrogen-bond acceptors (Lipinski definition) is 3. The van der Waals surface area contributed by atoms with Crippen LogP contribution in [0.4, 0.5) is 0 Å². The van der Waals surface area contributed by atoms with E-state index in [-0.39, 0.29) is 5.91 Å². The van der Waals surface area contributed by atoms with Crippen LogP contribution in [0.5, 0.6) is 0 Å². The number of imidazole rings is 1. The molecule has 3 heterocycles. The second kappa shape index (κ2) is 6.71. The van der Waals surface area contributed by atoms with Crippen molar-refractivity contribution in [3.63, 3.8) is 0 Å². The number of fused-ring (bicyclic) bond motifs is 1. The molecule has 1 saturated heterocycles. The van der Waals surface area contributed by atoms with E-state index >= 15 is 0 Å². The summed E-state index contributed by atoms with van der Waals surface area (Å²) in [6.45, 7) is 8.50. The summed E-state index contributed by atoms with van der Waals surface area (Å²) in [7, 11) is 0. The van der Waals surface area contributed by atoms with Crippen molar-refractivity contribution in [1.29, 1.82) is 0 Å². The van der Waals surface area contributed by atoms with Crippen LogP contribution < -0.4 is 5.32 Å². The highest BCUT2D eigenvalue weighted by Gasteiger charge is 2.28. The van der Waals surface area contributed by atoms with Crippen LogP contribution in [0, 0.1) is 12.8 Å². The maximum atomic E-state index is 11.6. The molecule has 1 N–H and O–H groups in total. The first-order valence-electron chi connectivity index (χ1n) is 8.50. The van der Waals surface area contributed by atoms with Crippen molar-refractivity contribution < 1.29 is 4.79 Å². The Bertz CT molecular complexity index is 693. The SMILES string of the molecule is CC[C@@H]1CN(C(C)=O)CC[C@@H]1NCc1cnc2cc(C)ccn12. The molecular formula is C18H26N4O. The summed E-state index contributed by atoms with van der Waals surface area (Å²) < 4.78 is 2.14. The van der Waals surface area contributed by atoms with Crippen LogP contribution in [0.2, 0.25) is 0 Å². The summed E-state index contributed by atoms with van der Waals surface area (Å²) in [5.74, 6) is 0.716. The van der Waals surface area contributed by atoms with Gasteiger partial charge >= 0.3 is 0 Å². The Morgan fingerprint density at radius 1 is 1.48 bits per heavy atom. The average Bonchev–Trinajstić information content (AvgIpc) is 2.94. The highest BCUT2D eigenvalue weighted by Crippen LogP contribution is 2.21. The largest absolute Gasteiger partial charge is 0.343 e. The van der Waals surface area contributed by atoms with Crippen molar-refractivity contribution in [1.82, 2.24) is 19.6 Å². The molecule has 2 aromatic rings. The Morgan fingerprint density at radius 2 is 2.30 bits per heavy atom. The smallest absolute Gasteiger partial charge is 0.219 e. The number of pyridine rings is 1. The van der Waals surface area contributed by atoms with Gasteiger partial charge in [-0.15, -0.1) is 0 Å². The van der Waals surface area contributed by atoms with E-state index in [0.717, 1.165) is 38.1 Å². The number of aryl methyl sites for hydroxylation is 1. The van der Waals surface area contributed by atoms with E-state index in [1.165, 1.54) is 11.3 Å². The molecule has 0 radical (unpaired) electrons. The molecular weight excluding hydrogens is 288 g/mol. The Hall–Kier alpha value is -1.88. The van der Waals surface area contributed by atoms with Gasteiger partial charge in [0, 0.05) is 38.8 Å². The molecule has 0 bridgehead atoms. The highest BCUT2D eigenvalue weighted by molar-refractivity contribution is 5.73. The lowest BCUT2D eigenvalue weighted by Crippen LogP contribution is -2.50. The molecule has 0 unspecified atom stereocenters. The second-order valence-corrected chi connectivity index (χ2v) is 6.59. The van der Waals surface area contributed by atoms with E-state index in [0.29, 0.717) is 12.0 Å². The summed E-state index contributed by atoms with van der Waals surface area (Å²) in [6, 6.07) is 4.67. The number of piperidine rings is 1. The predicted molar refractivity (Wildman–Crippen MR) is 91.2 cm³/mol. The van der Waals surface area contributed by atoms with E-state index < -0.39 is 0 Å². The van der Waals surface area contributed by atoms with Crippen LogP contribution in [0.1, 0.15) is 37.9 Å². The van der Waals surface area contributed by atoms with Crippen molar-refractivity contribution in [2.24, 2.45) is 5.92 Å². The minimum absolute atomic E-state index is 0.194. The normalized spacial score (nSPS) is 21.8. The Balaban J connectivity index is 1.66.